The minimum atomic E-state index is -0.713. The molecule has 6 nitrogen and oxygen atoms in total. The molecule has 144 valence electrons. The summed E-state index contributed by atoms with van der Waals surface area (Å²) in [6.45, 7) is 9.99. The molecule has 1 unspecified atom stereocenters. The Morgan fingerprint density at radius 3 is 2.12 bits per heavy atom. The van der Waals surface area contributed by atoms with Crippen LogP contribution in [0.2, 0.25) is 0 Å². The highest BCUT2D eigenvalue weighted by atomic mass is 16.5. The molecule has 6 heteroatoms. The predicted molar refractivity (Wildman–Crippen MR) is 101 cm³/mol. The van der Waals surface area contributed by atoms with Gasteiger partial charge in [0.05, 0.1) is 13.7 Å². The van der Waals surface area contributed by atoms with Crippen LogP contribution >= 0.6 is 0 Å². The zero-order valence-corrected chi connectivity index (χ0v) is 16.5. The number of hydrogen-bond donors (Lipinski definition) is 2. The molecule has 0 aliphatic carbocycles. The Kier molecular flexibility index (Phi) is 7.80. The quantitative estimate of drug-likeness (QED) is 0.730. The van der Waals surface area contributed by atoms with Crippen molar-refractivity contribution in [3.8, 4) is 0 Å². The van der Waals surface area contributed by atoms with E-state index in [0.717, 1.165) is 5.56 Å². The van der Waals surface area contributed by atoms with Gasteiger partial charge in [0.15, 0.2) is 0 Å². The second-order valence-corrected chi connectivity index (χ2v) is 7.78. The lowest BCUT2D eigenvalue weighted by Crippen LogP contribution is -2.46. The summed E-state index contributed by atoms with van der Waals surface area (Å²) in [7, 11) is 1.28. The third-order valence-corrected chi connectivity index (χ3v) is 3.95. The summed E-state index contributed by atoms with van der Waals surface area (Å²) >= 11 is 0. The number of rotatable bonds is 7. The predicted octanol–water partition coefficient (Wildman–Crippen LogP) is 2.42. The molecule has 0 fully saturated rings. The van der Waals surface area contributed by atoms with E-state index in [1.54, 1.807) is 12.1 Å². The Morgan fingerprint density at radius 2 is 1.65 bits per heavy atom. The van der Waals surface area contributed by atoms with Crippen LogP contribution in [0.3, 0.4) is 0 Å². The first kappa shape index (κ1) is 21.7. The van der Waals surface area contributed by atoms with Crippen molar-refractivity contribution in [2.24, 2.45) is 5.92 Å². The first-order valence-electron chi connectivity index (χ1n) is 8.80. The minimum Gasteiger partial charge on any atom is -0.467 e. The van der Waals surface area contributed by atoms with Crippen molar-refractivity contribution in [3.05, 3.63) is 35.4 Å². The van der Waals surface area contributed by atoms with Gasteiger partial charge in [-0.1, -0.05) is 46.8 Å². The van der Waals surface area contributed by atoms with E-state index < -0.39 is 17.9 Å². The topological polar surface area (TPSA) is 84.5 Å². The maximum atomic E-state index is 12.2. The van der Waals surface area contributed by atoms with Gasteiger partial charge < -0.3 is 15.4 Å². The van der Waals surface area contributed by atoms with Crippen LogP contribution in [0.4, 0.5) is 0 Å². The zero-order chi connectivity index (χ0) is 19.9. The van der Waals surface area contributed by atoms with E-state index in [-0.39, 0.29) is 23.8 Å². The van der Waals surface area contributed by atoms with Crippen molar-refractivity contribution >= 4 is 17.8 Å². The Bertz CT molecular complexity index is 630. The van der Waals surface area contributed by atoms with Crippen molar-refractivity contribution in [3.63, 3.8) is 0 Å². The van der Waals surface area contributed by atoms with Gasteiger partial charge in [-0.15, -0.1) is 0 Å². The lowest BCUT2D eigenvalue weighted by molar-refractivity contribution is -0.145. The Balaban J connectivity index is 2.60. The van der Waals surface area contributed by atoms with Gasteiger partial charge in [-0.2, -0.15) is 0 Å². The van der Waals surface area contributed by atoms with E-state index in [4.69, 9.17) is 4.74 Å². The lowest BCUT2D eigenvalue weighted by atomic mass is 9.87. The number of carbonyl (C=O) groups is 3. The highest BCUT2D eigenvalue weighted by molar-refractivity contribution is 5.97. The summed E-state index contributed by atoms with van der Waals surface area (Å²) in [6, 6.07) is 6.58. The number of methoxy groups -OCH3 is 1. The van der Waals surface area contributed by atoms with Gasteiger partial charge in [0.1, 0.15) is 6.04 Å². The molecular weight excluding hydrogens is 332 g/mol. The van der Waals surface area contributed by atoms with Gasteiger partial charge in [-0.05, 0) is 35.4 Å². The monoisotopic (exact) mass is 362 g/mol. The average Bonchev–Trinajstić information content (AvgIpc) is 2.57. The van der Waals surface area contributed by atoms with Gasteiger partial charge in [-0.3, -0.25) is 9.59 Å². The third kappa shape index (κ3) is 6.86. The van der Waals surface area contributed by atoms with Crippen LogP contribution in [0.15, 0.2) is 24.3 Å². The van der Waals surface area contributed by atoms with Crippen molar-refractivity contribution in [2.45, 2.75) is 52.5 Å². The number of esters is 1. The maximum absolute atomic E-state index is 12.2. The fourth-order valence-corrected chi connectivity index (χ4v) is 2.46. The molecule has 0 saturated heterocycles. The van der Waals surface area contributed by atoms with Gasteiger partial charge in [-0.25, -0.2) is 4.79 Å². The van der Waals surface area contributed by atoms with Crippen molar-refractivity contribution in [2.75, 3.05) is 13.7 Å². The summed E-state index contributed by atoms with van der Waals surface area (Å²) in [5.74, 6) is -1.04. The molecule has 0 saturated carbocycles. The van der Waals surface area contributed by atoms with E-state index in [1.165, 1.54) is 7.11 Å². The molecule has 1 rings (SSSR count). The smallest absolute Gasteiger partial charge is 0.328 e. The molecule has 0 bridgehead atoms. The number of amides is 2. The molecule has 0 aromatic heterocycles. The SMILES string of the molecule is COC(=O)C(CC(C)C)NC(=O)CNC(=O)c1ccc(C(C)(C)C)cc1. The Hall–Kier alpha value is -2.37. The molecule has 2 N–H and O–H groups in total. The van der Waals surface area contributed by atoms with Crippen LogP contribution in [-0.4, -0.2) is 37.5 Å². The summed E-state index contributed by atoms with van der Waals surface area (Å²) < 4.78 is 4.71. The highest BCUT2D eigenvalue weighted by Crippen LogP contribution is 2.22. The maximum Gasteiger partial charge on any atom is 0.328 e. The molecule has 2 amide bonds. The summed E-state index contributed by atoms with van der Waals surface area (Å²) in [4.78, 5) is 36.0. The Labute approximate surface area is 155 Å². The van der Waals surface area contributed by atoms with Gasteiger partial charge in [0.25, 0.3) is 5.91 Å². The molecule has 0 aliphatic rings. The molecule has 26 heavy (non-hydrogen) atoms. The summed E-state index contributed by atoms with van der Waals surface area (Å²) in [6.07, 6.45) is 0.473. The second kappa shape index (κ2) is 9.36. The standard InChI is InChI=1S/C20H30N2O4/c1-13(2)11-16(19(25)26-6)22-17(23)12-21-18(24)14-7-9-15(10-8-14)20(3,4)5/h7-10,13,16H,11-12H2,1-6H3,(H,21,24)(H,22,23). The third-order valence-electron chi connectivity index (χ3n) is 3.95. The van der Waals surface area contributed by atoms with Gasteiger partial charge >= 0.3 is 5.97 Å². The van der Waals surface area contributed by atoms with Crippen LogP contribution in [0.25, 0.3) is 0 Å². The number of benzene rings is 1. The van der Waals surface area contributed by atoms with Crippen molar-refractivity contribution in [1.29, 1.82) is 0 Å². The zero-order valence-electron chi connectivity index (χ0n) is 16.5. The summed E-state index contributed by atoms with van der Waals surface area (Å²) in [5, 5.41) is 5.18. The van der Waals surface area contributed by atoms with Crippen LogP contribution in [0.1, 0.15) is 57.0 Å². The van der Waals surface area contributed by atoms with Gasteiger partial charge in [0.2, 0.25) is 5.91 Å². The van der Waals surface area contributed by atoms with Crippen LogP contribution in [0.5, 0.6) is 0 Å². The molecule has 1 aromatic rings. The van der Waals surface area contributed by atoms with Crippen LogP contribution in [-0.2, 0) is 19.7 Å². The lowest BCUT2D eigenvalue weighted by Gasteiger charge is -2.19. The van der Waals surface area contributed by atoms with Crippen LogP contribution in [0, 0.1) is 5.92 Å². The molecule has 0 spiro atoms. The van der Waals surface area contributed by atoms with Crippen molar-refractivity contribution in [1.82, 2.24) is 10.6 Å². The normalized spacial score (nSPS) is 12.4. The molecule has 0 heterocycles. The van der Waals surface area contributed by atoms with E-state index in [9.17, 15) is 14.4 Å². The number of ether oxygens (including phenoxy) is 1. The number of carbonyl (C=O) groups excluding carboxylic acids is 3. The van der Waals surface area contributed by atoms with Crippen molar-refractivity contribution < 1.29 is 19.1 Å². The minimum absolute atomic E-state index is 0.00814. The van der Waals surface area contributed by atoms with E-state index in [2.05, 4.69) is 31.4 Å². The molecule has 0 aliphatic heterocycles. The first-order valence-corrected chi connectivity index (χ1v) is 8.80. The highest BCUT2D eigenvalue weighted by Gasteiger charge is 2.22. The molecular formula is C20H30N2O4. The van der Waals surface area contributed by atoms with Crippen LogP contribution < -0.4 is 10.6 Å². The Morgan fingerprint density at radius 1 is 1.08 bits per heavy atom. The van der Waals surface area contributed by atoms with Gasteiger partial charge in [0, 0.05) is 5.56 Å². The number of hydrogen-bond acceptors (Lipinski definition) is 4. The average molecular weight is 362 g/mol. The largest absolute Gasteiger partial charge is 0.467 e. The molecule has 1 aromatic carbocycles. The molecule has 0 radical (unpaired) electrons. The first-order chi connectivity index (χ1) is 12.0. The van der Waals surface area contributed by atoms with E-state index in [0.29, 0.717) is 12.0 Å². The fourth-order valence-electron chi connectivity index (χ4n) is 2.46. The summed E-state index contributed by atoms with van der Waals surface area (Å²) in [5.41, 5.74) is 1.62. The van der Waals surface area contributed by atoms with E-state index >= 15 is 0 Å². The number of nitrogens with one attached hydrogen (secondary N) is 2. The fraction of sp³-hybridized carbons (Fsp3) is 0.550. The molecule has 1 atom stereocenters. The van der Waals surface area contributed by atoms with E-state index in [1.807, 2.05) is 26.0 Å². The second-order valence-electron chi connectivity index (χ2n) is 7.78.